The molecule has 0 radical (unpaired) electrons. The van der Waals surface area contributed by atoms with E-state index >= 15 is 0 Å². The molecule has 0 spiro atoms. The maximum atomic E-state index is 12.1. The van der Waals surface area contributed by atoms with Gasteiger partial charge in [-0.2, -0.15) is 0 Å². The molecule has 2 aromatic carbocycles. The smallest absolute Gasteiger partial charge is 0.255 e. The summed E-state index contributed by atoms with van der Waals surface area (Å²) in [5.41, 5.74) is 1.61. The van der Waals surface area contributed by atoms with E-state index in [1.54, 1.807) is 54.6 Å². The molecule has 0 saturated carbocycles. The molecule has 112 valence electrons. The minimum Gasteiger partial charge on any atom is -0.349 e. The first-order chi connectivity index (χ1) is 10.6. The second-order valence-corrected chi connectivity index (χ2v) is 4.97. The Hall–Kier alpha value is -2.59. The Balaban J connectivity index is 2.03. The molecule has 0 aliphatic rings. The number of halogens is 1. The van der Waals surface area contributed by atoms with E-state index in [2.05, 4.69) is 17.2 Å². The summed E-state index contributed by atoms with van der Waals surface area (Å²) in [6, 6.07) is 13.3. The summed E-state index contributed by atoms with van der Waals surface area (Å²) < 4.78 is 0. The van der Waals surface area contributed by atoms with E-state index in [1.165, 1.54) is 0 Å². The molecule has 2 rings (SSSR count). The highest BCUT2D eigenvalue weighted by molar-refractivity contribution is 6.30. The van der Waals surface area contributed by atoms with Crippen molar-refractivity contribution in [2.45, 2.75) is 0 Å². The van der Waals surface area contributed by atoms with Crippen molar-refractivity contribution in [3.63, 3.8) is 0 Å². The first-order valence-corrected chi connectivity index (χ1v) is 7.04. The van der Waals surface area contributed by atoms with Gasteiger partial charge in [0.15, 0.2) is 0 Å². The lowest BCUT2D eigenvalue weighted by atomic mass is 10.1. The summed E-state index contributed by atoms with van der Waals surface area (Å²) in [4.78, 5) is 23.8. The van der Waals surface area contributed by atoms with Crippen LogP contribution < -0.4 is 10.6 Å². The third-order valence-electron chi connectivity index (χ3n) is 2.92. The maximum absolute atomic E-state index is 12.1. The Morgan fingerprint density at radius 1 is 0.955 bits per heavy atom. The van der Waals surface area contributed by atoms with Gasteiger partial charge < -0.3 is 10.6 Å². The van der Waals surface area contributed by atoms with Gasteiger partial charge in [-0.05, 0) is 48.5 Å². The predicted octanol–water partition coefficient (Wildman–Crippen LogP) is 3.51. The second-order valence-electron chi connectivity index (χ2n) is 4.54. The fraction of sp³-hybridized carbons (Fsp3) is 0.0588. The molecule has 4 nitrogen and oxygen atoms in total. The van der Waals surface area contributed by atoms with E-state index in [-0.39, 0.29) is 11.8 Å². The molecule has 0 aliphatic carbocycles. The van der Waals surface area contributed by atoms with Crippen molar-refractivity contribution in [2.75, 3.05) is 11.9 Å². The standard InChI is InChI=1S/C17H15ClN2O2/c1-2-11-19-16(21)12-3-5-13(6-4-12)17(22)20-15-9-7-14(18)8-10-15/h2-10H,1,11H2,(H,19,21)(H,20,22). The third kappa shape index (κ3) is 4.20. The van der Waals surface area contributed by atoms with E-state index < -0.39 is 0 Å². The van der Waals surface area contributed by atoms with Gasteiger partial charge in [0.2, 0.25) is 0 Å². The van der Waals surface area contributed by atoms with Gasteiger partial charge in [0.05, 0.1) is 0 Å². The molecule has 0 aliphatic heterocycles. The van der Waals surface area contributed by atoms with E-state index in [0.29, 0.717) is 28.4 Å². The maximum Gasteiger partial charge on any atom is 0.255 e. The van der Waals surface area contributed by atoms with Crippen LogP contribution in [0.2, 0.25) is 5.02 Å². The first kappa shape index (κ1) is 15.8. The molecule has 0 heterocycles. The van der Waals surface area contributed by atoms with Crippen molar-refractivity contribution in [1.29, 1.82) is 0 Å². The first-order valence-electron chi connectivity index (χ1n) is 6.66. The van der Waals surface area contributed by atoms with E-state index in [4.69, 9.17) is 11.6 Å². The fourth-order valence-electron chi connectivity index (χ4n) is 1.78. The number of hydrogen-bond donors (Lipinski definition) is 2. The van der Waals surface area contributed by atoms with Gasteiger partial charge in [-0.3, -0.25) is 9.59 Å². The van der Waals surface area contributed by atoms with E-state index in [9.17, 15) is 9.59 Å². The van der Waals surface area contributed by atoms with Crippen LogP contribution in [0.4, 0.5) is 5.69 Å². The van der Waals surface area contributed by atoms with Gasteiger partial charge in [-0.15, -0.1) is 6.58 Å². The lowest BCUT2D eigenvalue weighted by Gasteiger charge is -2.06. The number of nitrogens with one attached hydrogen (secondary N) is 2. The minimum absolute atomic E-state index is 0.204. The van der Waals surface area contributed by atoms with Gasteiger partial charge in [-0.25, -0.2) is 0 Å². The van der Waals surface area contributed by atoms with Crippen LogP contribution in [0.5, 0.6) is 0 Å². The van der Waals surface area contributed by atoms with Gasteiger partial charge in [-0.1, -0.05) is 17.7 Å². The number of hydrogen-bond acceptors (Lipinski definition) is 2. The van der Waals surface area contributed by atoms with E-state index in [1.807, 2.05) is 0 Å². The lowest BCUT2D eigenvalue weighted by Crippen LogP contribution is -2.23. The Labute approximate surface area is 133 Å². The van der Waals surface area contributed by atoms with E-state index in [0.717, 1.165) is 0 Å². The predicted molar refractivity (Wildman–Crippen MR) is 88.4 cm³/mol. The summed E-state index contributed by atoms with van der Waals surface area (Å²) >= 11 is 5.79. The summed E-state index contributed by atoms with van der Waals surface area (Å²) in [7, 11) is 0. The molecule has 0 fully saturated rings. The zero-order valence-corrected chi connectivity index (χ0v) is 12.6. The third-order valence-corrected chi connectivity index (χ3v) is 3.17. The fourth-order valence-corrected chi connectivity index (χ4v) is 1.90. The van der Waals surface area contributed by atoms with Crippen LogP contribution in [0.25, 0.3) is 0 Å². The van der Waals surface area contributed by atoms with Crippen LogP contribution in [0.1, 0.15) is 20.7 Å². The molecule has 2 amide bonds. The number of carbonyl (C=O) groups is 2. The Kier molecular flexibility index (Phi) is 5.33. The minimum atomic E-state index is -0.250. The summed E-state index contributed by atoms with van der Waals surface area (Å²) in [5.74, 6) is -0.454. The quantitative estimate of drug-likeness (QED) is 0.830. The summed E-state index contributed by atoms with van der Waals surface area (Å²) in [6.45, 7) is 3.93. The summed E-state index contributed by atoms with van der Waals surface area (Å²) in [6.07, 6.45) is 1.60. The average molecular weight is 315 g/mol. The largest absolute Gasteiger partial charge is 0.349 e. The molecule has 22 heavy (non-hydrogen) atoms. The van der Waals surface area contributed by atoms with Gasteiger partial charge in [0, 0.05) is 28.4 Å². The van der Waals surface area contributed by atoms with Crippen molar-refractivity contribution in [3.8, 4) is 0 Å². The molecule has 0 bridgehead atoms. The van der Waals surface area contributed by atoms with Gasteiger partial charge in [0.25, 0.3) is 11.8 Å². The summed E-state index contributed by atoms with van der Waals surface area (Å²) in [5, 5.41) is 6.03. The lowest BCUT2D eigenvalue weighted by molar-refractivity contribution is 0.0956. The van der Waals surface area contributed by atoms with Crippen LogP contribution in [0.3, 0.4) is 0 Å². The topological polar surface area (TPSA) is 58.2 Å². The molecule has 2 aromatic rings. The number of carbonyl (C=O) groups excluding carboxylic acids is 2. The molecule has 0 saturated heterocycles. The number of anilines is 1. The number of benzene rings is 2. The van der Waals surface area contributed by atoms with Crippen LogP contribution in [-0.4, -0.2) is 18.4 Å². The van der Waals surface area contributed by atoms with Crippen LogP contribution >= 0.6 is 11.6 Å². The van der Waals surface area contributed by atoms with Crippen molar-refractivity contribution in [3.05, 3.63) is 77.3 Å². The van der Waals surface area contributed by atoms with Crippen LogP contribution in [0.15, 0.2) is 61.2 Å². The second kappa shape index (κ2) is 7.43. The average Bonchev–Trinajstić information content (AvgIpc) is 2.55. The molecule has 5 heteroatoms. The highest BCUT2D eigenvalue weighted by atomic mass is 35.5. The zero-order chi connectivity index (χ0) is 15.9. The molecule has 2 N–H and O–H groups in total. The van der Waals surface area contributed by atoms with Crippen molar-refractivity contribution < 1.29 is 9.59 Å². The van der Waals surface area contributed by atoms with Crippen LogP contribution in [0, 0.1) is 0 Å². The molecular formula is C17H15ClN2O2. The molecule has 0 atom stereocenters. The molecular weight excluding hydrogens is 300 g/mol. The van der Waals surface area contributed by atoms with Crippen molar-refractivity contribution >= 4 is 29.1 Å². The van der Waals surface area contributed by atoms with Crippen LogP contribution in [-0.2, 0) is 0 Å². The highest BCUT2D eigenvalue weighted by Gasteiger charge is 2.08. The molecule has 0 aromatic heterocycles. The number of amides is 2. The van der Waals surface area contributed by atoms with Crippen molar-refractivity contribution in [1.82, 2.24) is 5.32 Å². The Morgan fingerprint density at radius 2 is 1.50 bits per heavy atom. The van der Waals surface area contributed by atoms with Gasteiger partial charge >= 0.3 is 0 Å². The van der Waals surface area contributed by atoms with Crippen molar-refractivity contribution in [2.24, 2.45) is 0 Å². The SMILES string of the molecule is C=CCNC(=O)c1ccc(C(=O)Nc2ccc(Cl)cc2)cc1. The monoisotopic (exact) mass is 314 g/mol. The molecule has 0 unspecified atom stereocenters. The van der Waals surface area contributed by atoms with Gasteiger partial charge in [0.1, 0.15) is 0 Å². The Bertz CT molecular complexity index is 679. The zero-order valence-electron chi connectivity index (χ0n) is 11.8. The Morgan fingerprint density at radius 3 is 2.05 bits per heavy atom. The highest BCUT2D eigenvalue weighted by Crippen LogP contribution is 2.14. The number of rotatable bonds is 5. The normalized spacial score (nSPS) is 9.86.